The summed E-state index contributed by atoms with van der Waals surface area (Å²) in [6.45, 7) is 0.364. The summed E-state index contributed by atoms with van der Waals surface area (Å²) in [6.07, 6.45) is 0.515. The monoisotopic (exact) mass is 293 g/mol. The molecule has 2 N–H and O–H groups in total. The zero-order valence-corrected chi connectivity index (χ0v) is 11.2. The van der Waals surface area contributed by atoms with E-state index >= 15 is 0 Å². The average Bonchev–Trinajstić information content (AvgIpc) is 2.88. The van der Waals surface area contributed by atoms with Gasteiger partial charge in [0, 0.05) is 6.54 Å². The maximum Gasteiger partial charge on any atom is 0.345 e. The van der Waals surface area contributed by atoms with Gasteiger partial charge < -0.3 is 10.4 Å². The highest BCUT2D eigenvalue weighted by atomic mass is 32.1. The molecule has 0 aliphatic rings. The zero-order chi connectivity index (χ0) is 14.5. The normalized spacial score (nSPS) is 10.2. The molecule has 0 aliphatic carbocycles. The van der Waals surface area contributed by atoms with Gasteiger partial charge in [0.05, 0.1) is 4.88 Å². The molecule has 1 aromatic heterocycles. The summed E-state index contributed by atoms with van der Waals surface area (Å²) in [4.78, 5) is 23.0. The molecule has 0 aliphatic heterocycles. The van der Waals surface area contributed by atoms with E-state index < -0.39 is 5.97 Å². The Labute approximate surface area is 118 Å². The van der Waals surface area contributed by atoms with E-state index in [0.29, 0.717) is 17.8 Å². The number of aromatic carboxylic acids is 1. The number of thiophene rings is 1. The van der Waals surface area contributed by atoms with E-state index in [2.05, 4.69) is 5.32 Å². The summed E-state index contributed by atoms with van der Waals surface area (Å²) in [5, 5.41) is 11.4. The average molecular weight is 293 g/mol. The Bertz CT molecular complexity index is 639. The van der Waals surface area contributed by atoms with E-state index in [1.165, 1.54) is 24.3 Å². The number of hydrogen-bond acceptors (Lipinski definition) is 3. The minimum atomic E-state index is -1.05. The van der Waals surface area contributed by atoms with Crippen molar-refractivity contribution >= 4 is 23.2 Å². The number of carboxylic acid groups (broad SMARTS) is 1. The molecule has 20 heavy (non-hydrogen) atoms. The van der Waals surface area contributed by atoms with Crippen LogP contribution in [0.1, 0.15) is 24.9 Å². The first kappa shape index (κ1) is 14.2. The Kier molecular flexibility index (Phi) is 4.47. The number of rotatable bonds is 5. The van der Waals surface area contributed by atoms with Gasteiger partial charge in [-0.05, 0) is 36.2 Å². The second-order valence-electron chi connectivity index (χ2n) is 4.10. The van der Waals surface area contributed by atoms with Crippen molar-refractivity contribution in [1.82, 2.24) is 5.32 Å². The Morgan fingerprint density at radius 1 is 1.20 bits per heavy atom. The van der Waals surface area contributed by atoms with Crippen LogP contribution in [-0.2, 0) is 6.42 Å². The summed E-state index contributed by atoms with van der Waals surface area (Å²) in [6, 6.07) is 9.05. The van der Waals surface area contributed by atoms with Crippen molar-refractivity contribution in [1.29, 1.82) is 0 Å². The molecule has 1 heterocycles. The Balaban J connectivity index is 1.87. The molecular formula is C14H12FNO3S. The second kappa shape index (κ2) is 6.29. The first-order valence-corrected chi connectivity index (χ1v) is 6.73. The van der Waals surface area contributed by atoms with Crippen LogP contribution in [0.4, 0.5) is 4.39 Å². The van der Waals surface area contributed by atoms with E-state index in [0.717, 1.165) is 16.9 Å². The lowest BCUT2D eigenvalue weighted by Crippen LogP contribution is -2.24. The standard InChI is InChI=1S/C14H12FNO3S/c15-10-3-1-2-9(8-10)6-7-16-13(17)11-4-5-12(20-11)14(18)19/h1-5,8H,6-7H2,(H,16,17)(H,18,19). The molecule has 0 fully saturated rings. The number of halogens is 1. The molecule has 0 bridgehead atoms. The maximum absolute atomic E-state index is 13.0. The van der Waals surface area contributed by atoms with E-state index in [-0.39, 0.29) is 16.6 Å². The van der Waals surface area contributed by atoms with Gasteiger partial charge in [-0.15, -0.1) is 11.3 Å². The van der Waals surface area contributed by atoms with Crippen LogP contribution in [0.15, 0.2) is 36.4 Å². The molecule has 0 atom stereocenters. The summed E-state index contributed by atoms with van der Waals surface area (Å²) in [7, 11) is 0. The van der Waals surface area contributed by atoms with Crippen LogP contribution in [0.25, 0.3) is 0 Å². The van der Waals surface area contributed by atoms with Crippen molar-refractivity contribution in [3.63, 3.8) is 0 Å². The van der Waals surface area contributed by atoms with Gasteiger partial charge in [0.2, 0.25) is 0 Å². The molecule has 2 aromatic rings. The van der Waals surface area contributed by atoms with Crippen molar-refractivity contribution in [2.24, 2.45) is 0 Å². The van der Waals surface area contributed by atoms with Crippen LogP contribution in [-0.4, -0.2) is 23.5 Å². The number of amides is 1. The summed E-state index contributed by atoms with van der Waals surface area (Å²) in [5.74, 6) is -1.68. The topological polar surface area (TPSA) is 66.4 Å². The van der Waals surface area contributed by atoms with E-state index in [1.807, 2.05) is 0 Å². The van der Waals surface area contributed by atoms with Crippen LogP contribution < -0.4 is 5.32 Å². The van der Waals surface area contributed by atoms with E-state index in [4.69, 9.17) is 5.11 Å². The van der Waals surface area contributed by atoms with Crippen molar-refractivity contribution in [3.05, 3.63) is 57.5 Å². The summed E-state index contributed by atoms with van der Waals surface area (Å²) >= 11 is 0.926. The molecule has 4 nitrogen and oxygen atoms in total. The smallest absolute Gasteiger partial charge is 0.345 e. The molecule has 2 rings (SSSR count). The Morgan fingerprint density at radius 3 is 2.60 bits per heavy atom. The lowest BCUT2D eigenvalue weighted by atomic mass is 10.1. The highest BCUT2D eigenvalue weighted by molar-refractivity contribution is 7.15. The third-order valence-electron chi connectivity index (χ3n) is 2.63. The predicted octanol–water partition coefficient (Wildman–Crippen LogP) is 2.56. The molecule has 1 amide bonds. The Morgan fingerprint density at radius 2 is 1.95 bits per heavy atom. The molecule has 0 saturated heterocycles. The van der Waals surface area contributed by atoms with Gasteiger partial charge in [-0.25, -0.2) is 9.18 Å². The molecule has 0 spiro atoms. The summed E-state index contributed by atoms with van der Waals surface area (Å²) in [5.41, 5.74) is 0.794. The molecule has 0 saturated carbocycles. The van der Waals surface area contributed by atoms with Gasteiger partial charge in [-0.2, -0.15) is 0 Å². The third-order valence-corrected chi connectivity index (χ3v) is 3.70. The van der Waals surface area contributed by atoms with E-state index in [1.54, 1.807) is 12.1 Å². The highest BCUT2D eigenvalue weighted by Crippen LogP contribution is 2.16. The minimum Gasteiger partial charge on any atom is -0.477 e. The van der Waals surface area contributed by atoms with E-state index in [9.17, 15) is 14.0 Å². The molecule has 0 radical (unpaired) electrons. The molecule has 104 valence electrons. The SMILES string of the molecule is O=C(O)c1ccc(C(=O)NCCc2cccc(F)c2)s1. The van der Waals surface area contributed by atoms with Gasteiger partial charge in [-0.1, -0.05) is 12.1 Å². The van der Waals surface area contributed by atoms with Crippen LogP contribution >= 0.6 is 11.3 Å². The lowest BCUT2D eigenvalue weighted by Gasteiger charge is -2.04. The first-order valence-electron chi connectivity index (χ1n) is 5.92. The van der Waals surface area contributed by atoms with Crippen LogP contribution in [0.2, 0.25) is 0 Å². The van der Waals surface area contributed by atoms with Gasteiger partial charge in [-0.3, -0.25) is 4.79 Å². The largest absolute Gasteiger partial charge is 0.477 e. The number of nitrogens with one attached hydrogen (secondary N) is 1. The number of hydrogen-bond donors (Lipinski definition) is 2. The fourth-order valence-corrected chi connectivity index (χ4v) is 2.44. The minimum absolute atomic E-state index is 0.125. The van der Waals surface area contributed by atoms with Gasteiger partial charge in [0.1, 0.15) is 10.7 Å². The van der Waals surface area contributed by atoms with Crippen LogP contribution in [0, 0.1) is 5.82 Å². The molecular weight excluding hydrogens is 281 g/mol. The highest BCUT2D eigenvalue weighted by Gasteiger charge is 2.12. The molecule has 0 unspecified atom stereocenters. The summed E-state index contributed by atoms with van der Waals surface area (Å²) < 4.78 is 13.0. The maximum atomic E-state index is 13.0. The number of carbonyl (C=O) groups excluding carboxylic acids is 1. The lowest BCUT2D eigenvalue weighted by molar-refractivity contribution is 0.0702. The molecule has 6 heteroatoms. The van der Waals surface area contributed by atoms with Crippen molar-refractivity contribution in [2.75, 3.05) is 6.54 Å². The Hall–Kier alpha value is -2.21. The van der Waals surface area contributed by atoms with Crippen molar-refractivity contribution in [2.45, 2.75) is 6.42 Å². The van der Waals surface area contributed by atoms with Gasteiger partial charge in [0.15, 0.2) is 0 Å². The van der Waals surface area contributed by atoms with Gasteiger partial charge in [0.25, 0.3) is 5.91 Å². The third kappa shape index (κ3) is 3.64. The first-order chi connectivity index (χ1) is 9.56. The van der Waals surface area contributed by atoms with Crippen LogP contribution in [0.5, 0.6) is 0 Å². The zero-order valence-electron chi connectivity index (χ0n) is 10.4. The van der Waals surface area contributed by atoms with Gasteiger partial charge >= 0.3 is 5.97 Å². The fourth-order valence-electron chi connectivity index (χ4n) is 1.67. The fraction of sp³-hybridized carbons (Fsp3) is 0.143. The molecule has 1 aromatic carbocycles. The van der Waals surface area contributed by atoms with Crippen LogP contribution in [0.3, 0.4) is 0 Å². The van der Waals surface area contributed by atoms with Crippen molar-refractivity contribution in [3.8, 4) is 0 Å². The predicted molar refractivity (Wildman–Crippen MR) is 73.7 cm³/mol. The van der Waals surface area contributed by atoms with Crippen molar-refractivity contribution < 1.29 is 19.1 Å². The second-order valence-corrected chi connectivity index (χ2v) is 5.19. The number of carboxylic acids is 1. The quantitative estimate of drug-likeness (QED) is 0.890. The number of benzene rings is 1. The number of carbonyl (C=O) groups is 2.